The molecule has 0 bridgehead atoms. The summed E-state index contributed by atoms with van der Waals surface area (Å²) < 4.78 is 45.6. The first-order valence-electron chi connectivity index (χ1n) is 6.25. The maximum Gasteiger partial charge on any atom is 0.265 e. The Hall–Kier alpha value is -2.02. The SMILES string of the molecule is CC(Oc1ccc(F)cc1Br)C(=O)Nc1c(F)cccc1F. The Morgan fingerprint density at radius 1 is 1.18 bits per heavy atom. The first-order valence-corrected chi connectivity index (χ1v) is 7.04. The molecule has 1 amide bonds. The lowest BCUT2D eigenvalue weighted by molar-refractivity contribution is -0.122. The molecule has 2 aromatic rings. The van der Waals surface area contributed by atoms with E-state index < -0.39 is 35.2 Å². The number of carbonyl (C=O) groups excluding carboxylic acids is 1. The fraction of sp³-hybridized carbons (Fsp3) is 0.133. The van der Waals surface area contributed by atoms with E-state index in [0.29, 0.717) is 4.47 Å². The van der Waals surface area contributed by atoms with Gasteiger partial charge in [-0.15, -0.1) is 0 Å². The smallest absolute Gasteiger partial charge is 0.265 e. The predicted octanol–water partition coefficient (Wildman–Crippen LogP) is 4.27. The van der Waals surface area contributed by atoms with Crippen LogP contribution in [0.2, 0.25) is 0 Å². The minimum atomic E-state index is -1.04. The van der Waals surface area contributed by atoms with Crippen molar-refractivity contribution in [3.05, 3.63) is 58.3 Å². The molecule has 7 heteroatoms. The summed E-state index contributed by atoms with van der Waals surface area (Å²) in [6, 6.07) is 6.93. The summed E-state index contributed by atoms with van der Waals surface area (Å²) in [7, 11) is 0. The number of hydrogen-bond donors (Lipinski definition) is 1. The van der Waals surface area contributed by atoms with Crippen LogP contribution in [0.1, 0.15) is 6.92 Å². The molecule has 0 radical (unpaired) electrons. The van der Waals surface area contributed by atoms with E-state index >= 15 is 0 Å². The molecule has 0 aliphatic carbocycles. The van der Waals surface area contributed by atoms with Crippen molar-refractivity contribution >= 4 is 27.5 Å². The number of halogens is 4. The number of anilines is 1. The molecule has 0 saturated carbocycles. The Balaban J connectivity index is 2.09. The fourth-order valence-corrected chi connectivity index (χ4v) is 2.10. The lowest BCUT2D eigenvalue weighted by atomic mass is 10.2. The van der Waals surface area contributed by atoms with Crippen molar-refractivity contribution in [2.75, 3.05) is 5.32 Å². The van der Waals surface area contributed by atoms with Crippen LogP contribution in [0.25, 0.3) is 0 Å². The van der Waals surface area contributed by atoms with E-state index in [0.717, 1.165) is 12.1 Å². The maximum atomic E-state index is 13.5. The highest BCUT2D eigenvalue weighted by Crippen LogP contribution is 2.27. The molecule has 1 atom stereocenters. The van der Waals surface area contributed by atoms with Crippen LogP contribution >= 0.6 is 15.9 Å². The summed E-state index contributed by atoms with van der Waals surface area (Å²) in [5.41, 5.74) is -0.541. The zero-order valence-electron chi connectivity index (χ0n) is 11.4. The number of rotatable bonds is 4. The molecule has 0 saturated heterocycles. The molecule has 1 unspecified atom stereocenters. The molecule has 0 aliphatic rings. The zero-order valence-corrected chi connectivity index (χ0v) is 13.0. The molecule has 1 N–H and O–H groups in total. The van der Waals surface area contributed by atoms with Crippen molar-refractivity contribution in [3.63, 3.8) is 0 Å². The monoisotopic (exact) mass is 373 g/mol. The third-order valence-corrected chi connectivity index (χ3v) is 3.40. The van der Waals surface area contributed by atoms with Crippen LogP contribution in [0.15, 0.2) is 40.9 Å². The predicted molar refractivity (Wildman–Crippen MR) is 79.2 cm³/mol. The second-order valence-electron chi connectivity index (χ2n) is 4.42. The van der Waals surface area contributed by atoms with E-state index in [2.05, 4.69) is 21.2 Å². The third kappa shape index (κ3) is 3.79. The lowest BCUT2D eigenvalue weighted by Gasteiger charge is -2.16. The molecule has 0 aliphatic heterocycles. The first-order chi connectivity index (χ1) is 10.4. The summed E-state index contributed by atoms with van der Waals surface area (Å²) in [5, 5.41) is 2.13. The Bertz CT molecular complexity index is 689. The van der Waals surface area contributed by atoms with Gasteiger partial charge in [-0.25, -0.2) is 13.2 Å². The molecule has 116 valence electrons. The van der Waals surface area contributed by atoms with E-state index in [1.807, 2.05) is 0 Å². The second kappa shape index (κ2) is 6.83. The number of benzene rings is 2. The Labute approximate surface area is 133 Å². The van der Waals surface area contributed by atoms with Gasteiger partial charge >= 0.3 is 0 Å². The normalized spacial score (nSPS) is 11.9. The van der Waals surface area contributed by atoms with Crippen LogP contribution in [0, 0.1) is 17.5 Å². The summed E-state index contributed by atoms with van der Waals surface area (Å²) in [6.45, 7) is 1.41. The minimum absolute atomic E-state index is 0.234. The number of ether oxygens (including phenoxy) is 1. The topological polar surface area (TPSA) is 38.3 Å². The van der Waals surface area contributed by atoms with Crippen LogP contribution in [-0.4, -0.2) is 12.0 Å². The fourth-order valence-electron chi connectivity index (χ4n) is 1.66. The lowest BCUT2D eigenvalue weighted by Crippen LogP contribution is -2.31. The molecule has 0 spiro atoms. The molecule has 2 rings (SSSR count). The van der Waals surface area contributed by atoms with Gasteiger partial charge in [-0.3, -0.25) is 4.79 Å². The van der Waals surface area contributed by atoms with E-state index in [9.17, 15) is 18.0 Å². The van der Waals surface area contributed by atoms with Gasteiger partial charge in [0.05, 0.1) is 4.47 Å². The average molecular weight is 374 g/mol. The van der Waals surface area contributed by atoms with Crippen molar-refractivity contribution in [1.29, 1.82) is 0 Å². The van der Waals surface area contributed by atoms with Crippen molar-refractivity contribution in [2.24, 2.45) is 0 Å². The van der Waals surface area contributed by atoms with Crippen molar-refractivity contribution < 1.29 is 22.7 Å². The molecular weight excluding hydrogens is 363 g/mol. The first kappa shape index (κ1) is 16.4. The van der Waals surface area contributed by atoms with Gasteiger partial charge in [0.15, 0.2) is 6.10 Å². The summed E-state index contributed by atoms with van der Waals surface area (Å²) in [5.74, 6) is -2.74. The van der Waals surface area contributed by atoms with Gasteiger partial charge in [0.1, 0.15) is 28.9 Å². The largest absolute Gasteiger partial charge is 0.480 e. The molecule has 0 aromatic heterocycles. The Morgan fingerprint density at radius 3 is 2.41 bits per heavy atom. The van der Waals surface area contributed by atoms with Gasteiger partial charge in [-0.2, -0.15) is 0 Å². The standard InChI is InChI=1S/C15H11BrF3NO2/c1-8(22-13-6-5-9(17)7-10(13)16)15(21)20-14-11(18)3-2-4-12(14)19/h2-8H,1H3,(H,20,21). The van der Waals surface area contributed by atoms with Gasteiger partial charge in [-0.05, 0) is 53.2 Å². The number of hydrogen-bond acceptors (Lipinski definition) is 2. The van der Waals surface area contributed by atoms with Gasteiger partial charge in [0.25, 0.3) is 5.91 Å². The molecule has 0 heterocycles. The number of nitrogens with one attached hydrogen (secondary N) is 1. The maximum absolute atomic E-state index is 13.5. The summed E-state index contributed by atoms with van der Waals surface area (Å²) in [4.78, 5) is 11.9. The van der Waals surface area contributed by atoms with Crippen LogP contribution in [0.4, 0.5) is 18.9 Å². The minimum Gasteiger partial charge on any atom is -0.480 e. The summed E-state index contributed by atoms with van der Waals surface area (Å²) in [6.07, 6.45) is -1.04. The number of carbonyl (C=O) groups is 1. The van der Waals surface area contributed by atoms with Crippen molar-refractivity contribution in [2.45, 2.75) is 13.0 Å². The van der Waals surface area contributed by atoms with Gasteiger partial charge in [-0.1, -0.05) is 6.07 Å². The van der Waals surface area contributed by atoms with E-state index in [4.69, 9.17) is 4.74 Å². The quantitative estimate of drug-likeness (QED) is 0.868. The van der Waals surface area contributed by atoms with Gasteiger partial charge in [0, 0.05) is 0 Å². The van der Waals surface area contributed by atoms with Crippen LogP contribution in [0.3, 0.4) is 0 Å². The Morgan fingerprint density at radius 2 is 1.82 bits per heavy atom. The molecule has 0 fully saturated rings. The molecule has 3 nitrogen and oxygen atoms in total. The van der Waals surface area contributed by atoms with Crippen LogP contribution in [-0.2, 0) is 4.79 Å². The van der Waals surface area contributed by atoms with Crippen LogP contribution < -0.4 is 10.1 Å². The van der Waals surface area contributed by atoms with E-state index in [1.165, 1.54) is 31.2 Å². The van der Waals surface area contributed by atoms with Gasteiger partial charge < -0.3 is 10.1 Å². The van der Waals surface area contributed by atoms with E-state index in [1.54, 1.807) is 0 Å². The van der Waals surface area contributed by atoms with Crippen LogP contribution in [0.5, 0.6) is 5.75 Å². The molecule has 22 heavy (non-hydrogen) atoms. The third-order valence-electron chi connectivity index (χ3n) is 2.78. The average Bonchev–Trinajstić information content (AvgIpc) is 2.45. The molecular formula is C15H11BrF3NO2. The molecule has 2 aromatic carbocycles. The summed E-state index contributed by atoms with van der Waals surface area (Å²) >= 11 is 3.10. The highest BCUT2D eigenvalue weighted by atomic mass is 79.9. The highest BCUT2D eigenvalue weighted by molar-refractivity contribution is 9.10. The number of para-hydroxylation sites is 1. The second-order valence-corrected chi connectivity index (χ2v) is 5.28. The zero-order chi connectivity index (χ0) is 16.3. The number of amides is 1. The van der Waals surface area contributed by atoms with Crippen molar-refractivity contribution in [3.8, 4) is 5.75 Å². The van der Waals surface area contributed by atoms with E-state index in [-0.39, 0.29) is 5.75 Å². The van der Waals surface area contributed by atoms with Crippen molar-refractivity contribution in [1.82, 2.24) is 0 Å². The Kier molecular flexibility index (Phi) is 5.07. The van der Waals surface area contributed by atoms with Gasteiger partial charge in [0.2, 0.25) is 0 Å². The highest BCUT2D eigenvalue weighted by Gasteiger charge is 2.19.